The zero-order valence-corrected chi connectivity index (χ0v) is 9.88. The van der Waals surface area contributed by atoms with Gasteiger partial charge in [0.2, 0.25) is 0 Å². The first-order valence-electron chi connectivity index (χ1n) is 5.99. The van der Waals surface area contributed by atoms with E-state index >= 15 is 0 Å². The predicted octanol–water partition coefficient (Wildman–Crippen LogP) is 0.641. The molecule has 1 aromatic rings. The van der Waals surface area contributed by atoms with Gasteiger partial charge in [0.05, 0.1) is 19.3 Å². The van der Waals surface area contributed by atoms with Gasteiger partial charge in [-0.25, -0.2) is 4.98 Å². The average molecular weight is 237 g/mol. The lowest BCUT2D eigenvalue weighted by Gasteiger charge is -2.32. The quantitative estimate of drug-likeness (QED) is 0.804. The molecule has 94 valence electrons. The highest BCUT2D eigenvalue weighted by Gasteiger charge is 2.20. The van der Waals surface area contributed by atoms with Crippen molar-refractivity contribution in [3.05, 3.63) is 18.2 Å². The molecule has 0 amide bonds. The summed E-state index contributed by atoms with van der Waals surface area (Å²) in [7, 11) is 0. The third-order valence-corrected chi connectivity index (χ3v) is 2.97. The van der Waals surface area contributed by atoms with Gasteiger partial charge in [0.1, 0.15) is 11.6 Å². The first kappa shape index (κ1) is 12.1. The summed E-state index contributed by atoms with van der Waals surface area (Å²) in [5.41, 5.74) is 5.67. The average Bonchev–Trinajstić information content (AvgIpc) is 2.37. The van der Waals surface area contributed by atoms with Crippen molar-refractivity contribution in [3.63, 3.8) is 0 Å². The van der Waals surface area contributed by atoms with E-state index in [2.05, 4.69) is 9.88 Å². The molecule has 0 unspecified atom stereocenters. The normalized spacial score (nSPS) is 17.4. The van der Waals surface area contributed by atoms with Gasteiger partial charge in [-0.15, -0.1) is 0 Å². The van der Waals surface area contributed by atoms with Gasteiger partial charge in [-0.2, -0.15) is 0 Å². The second-order valence-electron chi connectivity index (χ2n) is 4.20. The standard InChI is InChI=1S/C12H19N3O2/c13-11-2-1-3-12(14-11)15-6-4-10(5-7-15)17-9-8-16/h1-3,10,16H,4-9H2,(H2,13,14). The van der Waals surface area contributed by atoms with Crippen LogP contribution in [-0.2, 0) is 4.74 Å². The smallest absolute Gasteiger partial charge is 0.130 e. The van der Waals surface area contributed by atoms with E-state index in [0.717, 1.165) is 31.7 Å². The summed E-state index contributed by atoms with van der Waals surface area (Å²) in [5.74, 6) is 1.49. The van der Waals surface area contributed by atoms with Crippen molar-refractivity contribution in [1.82, 2.24) is 4.98 Å². The van der Waals surface area contributed by atoms with Crippen molar-refractivity contribution in [1.29, 1.82) is 0 Å². The number of aliphatic hydroxyl groups excluding tert-OH is 1. The van der Waals surface area contributed by atoms with Crippen LogP contribution in [0.3, 0.4) is 0 Å². The van der Waals surface area contributed by atoms with Crippen molar-refractivity contribution in [2.45, 2.75) is 18.9 Å². The summed E-state index contributed by atoms with van der Waals surface area (Å²) in [6.45, 7) is 2.37. The molecule has 0 atom stereocenters. The zero-order valence-electron chi connectivity index (χ0n) is 9.88. The molecular weight excluding hydrogens is 218 g/mol. The van der Waals surface area contributed by atoms with Crippen LogP contribution in [0.4, 0.5) is 11.6 Å². The van der Waals surface area contributed by atoms with Crippen LogP contribution in [0.1, 0.15) is 12.8 Å². The Bertz CT molecular complexity index is 351. The Morgan fingerprint density at radius 1 is 1.41 bits per heavy atom. The van der Waals surface area contributed by atoms with Crippen LogP contribution >= 0.6 is 0 Å². The van der Waals surface area contributed by atoms with Crippen molar-refractivity contribution >= 4 is 11.6 Å². The van der Waals surface area contributed by atoms with Crippen LogP contribution in [0.5, 0.6) is 0 Å². The SMILES string of the molecule is Nc1cccc(N2CCC(OCCO)CC2)n1. The fourth-order valence-electron chi connectivity index (χ4n) is 2.09. The molecule has 0 aliphatic carbocycles. The molecule has 2 rings (SSSR count). The first-order chi connectivity index (χ1) is 8.29. The molecule has 17 heavy (non-hydrogen) atoms. The van der Waals surface area contributed by atoms with Crippen LogP contribution in [0.2, 0.25) is 0 Å². The first-order valence-corrected chi connectivity index (χ1v) is 5.99. The monoisotopic (exact) mass is 237 g/mol. The summed E-state index contributed by atoms with van der Waals surface area (Å²) in [4.78, 5) is 6.52. The lowest BCUT2D eigenvalue weighted by Crippen LogP contribution is -2.37. The van der Waals surface area contributed by atoms with Gasteiger partial charge >= 0.3 is 0 Å². The highest BCUT2D eigenvalue weighted by Crippen LogP contribution is 2.20. The number of aromatic nitrogens is 1. The maximum absolute atomic E-state index is 8.70. The molecule has 0 saturated carbocycles. The Morgan fingerprint density at radius 3 is 2.82 bits per heavy atom. The molecule has 1 fully saturated rings. The molecule has 0 spiro atoms. The molecule has 3 N–H and O–H groups in total. The van der Waals surface area contributed by atoms with E-state index in [1.807, 2.05) is 12.1 Å². The minimum absolute atomic E-state index is 0.0942. The Hall–Kier alpha value is -1.33. The molecule has 0 radical (unpaired) electrons. The minimum Gasteiger partial charge on any atom is -0.394 e. The van der Waals surface area contributed by atoms with Crippen LogP contribution in [0.25, 0.3) is 0 Å². The maximum Gasteiger partial charge on any atom is 0.130 e. The fraction of sp³-hybridized carbons (Fsp3) is 0.583. The largest absolute Gasteiger partial charge is 0.394 e. The van der Waals surface area contributed by atoms with Crippen molar-refractivity contribution < 1.29 is 9.84 Å². The molecule has 0 aromatic carbocycles. The summed E-state index contributed by atoms with van der Waals surface area (Å²) in [6.07, 6.45) is 2.20. The van der Waals surface area contributed by atoms with E-state index in [4.69, 9.17) is 15.6 Å². The number of ether oxygens (including phenoxy) is 1. The number of aliphatic hydroxyl groups is 1. The number of hydrogen-bond acceptors (Lipinski definition) is 5. The zero-order chi connectivity index (χ0) is 12.1. The van der Waals surface area contributed by atoms with Crippen LogP contribution < -0.4 is 10.6 Å². The molecule has 0 bridgehead atoms. The molecule has 2 heterocycles. The lowest BCUT2D eigenvalue weighted by molar-refractivity contribution is 0.0158. The molecular formula is C12H19N3O2. The van der Waals surface area contributed by atoms with Crippen LogP contribution in [-0.4, -0.2) is 42.5 Å². The molecule has 1 aliphatic heterocycles. The van der Waals surface area contributed by atoms with Crippen molar-refractivity contribution in [2.24, 2.45) is 0 Å². The lowest BCUT2D eigenvalue weighted by atomic mass is 10.1. The Kier molecular flexibility index (Phi) is 4.17. The molecule has 5 heteroatoms. The van der Waals surface area contributed by atoms with Crippen molar-refractivity contribution in [3.8, 4) is 0 Å². The summed E-state index contributed by atoms with van der Waals surface area (Å²) in [5, 5.41) is 8.70. The maximum atomic E-state index is 8.70. The van der Waals surface area contributed by atoms with Gasteiger partial charge in [0.15, 0.2) is 0 Å². The summed E-state index contributed by atoms with van der Waals surface area (Å²) >= 11 is 0. The van der Waals surface area contributed by atoms with Crippen LogP contribution in [0.15, 0.2) is 18.2 Å². The number of piperidine rings is 1. The summed E-state index contributed by atoms with van der Waals surface area (Å²) < 4.78 is 5.52. The number of nitrogen functional groups attached to an aromatic ring is 1. The number of nitrogens with zero attached hydrogens (tertiary/aromatic N) is 2. The number of rotatable bonds is 4. The fourth-order valence-corrected chi connectivity index (χ4v) is 2.09. The highest BCUT2D eigenvalue weighted by molar-refractivity contribution is 5.45. The molecule has 1 saturated heterocycles. The van der Waals surface area contributed by atoms with Crippen molar-refractivity contribution in [2.75, 3.05) is 36.9 Å². The second-order valence-corrected chi connectivity index (χ2v) is 4.20. The topological polar surface area (TPSA) is 71.6 Å². The van der Waals surface area contributed by atoms with Gasteiger partial charge in [-0.1, -0.05) is 6.07 Å². The van der Waals surface area contributed by atoms with E-state index in [-0.39, 0.29) is 12.7 Å². The van der Waals surface area contributed by atoms with E-state index in [1.54, 1.807) is 6.07 Å². The summed E-state index contributed by atoms with van der Waals surface area (Å²) in [6, 6.07) is 5.69. The predicted molar refractivity (Wildman–Crippen MR) is 66.9 cm³/mol. The van der Waals surface area contributed by atoms with Crippen LogP contribution in [0, 0.1) is 0 Å². The van der Waals surface area contributed by atoms with Gasteiger partial charge in [-0.3, -0.25) is 0 Å². The van der Waals surface area contributed by atoms with Gasteiger partial charge in [0, 0.05) is 13.1 Å². The number of anilines is 2. The number of nitrogens with two attached hydrogens (primary N) is 1. The van der Waals surface area contributed by atoms with E-state index in [0.29, 0.717) is 12.4 Å². The Balaban J connectivity index is 1.86. The number of hydrogen-bond donors (Lipinski definition) is 2. The minimum atomic E-state index is 0.0942. The van der Waals surface area contributed by atoms with Gasteiger partial charge in [0.25, 0.3) is 0 Å². The van der Waals surface area contributed by atoms with E-state index in [1.165, 1.54) is 0 Å². The second kappa shape index (κ2) is 5.84. The number of pyridine rings is 1. The van der Waals surface area contributed by atoms with E-state index < -0.39 is 0 Å². The molecule has 5 nitrogen and oxygen atoms in total. The van der Waals surface area contributed by atoms with Gasteiger partial charge in [-0.05, 0) is 25.0 Å². The third-order valence-electron chi connectivity index (χ3n) is 2.97. The van der Waals surface area contributed by atoms with Gasteiger partial charge < -0.3 is 20.5 Å². The third kappa shape index (κ3) is 3.31. The highest BCUT2D eigenvalue weighted by atomic mass is 16.5. The molecule has 1 aromatic heterocycles. The Morgan fingerprint density at radius 2 is 2.18 bits per heavy atom. The molecule has 1 aliphatic rings. The Labute approximate surface area is 101 Å². The van der Waals surface area contributed by atoms with E-state index in [9.17, 15) is 0 Å².